The van der Waals surface area contributed by atoms with Gasteiger partial charge in [-0.3, -0.25) is 0 Å². The van der Waals surface area contributed by atoms with Gasteiger partial charge in [0, 0.05) is 17.7 Å². The molecule has 112 valence electrons. The van der Waals surface area contributed by atoms with Gasteiger partial charge in [0.2, 0.25) is 0 Å². The highest BCUT2D eigenvalue weighted by atomic mass is 35.5. The molecular weight excluding hydrogens is 277 g/mol. The number of rotatable bonds is 6. The van der Waals surface area contributed by atoms with Crippen molar-refractivity contribution in [2.75, 3.05) is 13.2 Å². The molecule has 0 aliphatic carbocycles. The van der Waals surface area contributed by atoms with Crippen LogP contribution >= 0.6 is 11.6 Å². The highest BCUT2D eigenvalue weighted by Gasteiger charge is 2.38. The number of nitrogens with one attached hydrogen (secondary N) is 1. The van der Waals surface area contributed by atoms with Crippen LogP contribution in [-0.4, -0.2) is 24.8 Å². The summed E-state index contributed by atoms with van der Waals surface area (Å²) in [6, 6.07) is 4.82. The van der Waals surface area contributed by atoms with Crippen LogP contribution in [0.1, 0.15) is 38.7 Å². The van der Waals surface area contributed by atoms with Gasteiger partial charge in [0.1, 0.15) is 5.82 Å². The van der Waals surface area contributed by atoms with Crippen molar-refractivity contribution >= 4 is 11.6 Å². The van der Waals surface area contributed by atoms with Gasteiger partial charge in [0.05, 0.1) is 5.60 Å². The van der Waals surface area contributed by atoms with E-state index in [0.29, 0.717) is 5.02 Å². The average molecular weight is 300 g/mol. The third kappa shape index (κ3) is 3.72. The van der Waals surface area contributed by atoms with Gasteiger partial charge in [-0.2, -0.15) is 0 Å². The van der Waals surface area contributed by atoms with Crippen molar-refractivity contribution in [3.63, 3.8) is 0 Å². The predicted molar refractivity (Wildman–Crippen MR) is 80.8 cm³/mol. The minimum absolute atomic E-state index is 0.160. The molecule has 0 amide bonds. The molecule has 2 atom stereocenters. The first-order valence-corrected chi connectivity index (χ1v) is 7.74. The molecule has 2 rings (SSSR count). The lowest BCUT2D eigenvalue weighted by Crippen LogP contribution is -2.50. The fraction of sp³-hybridized carbons (Fsp3) is 0.625. The molecule has 0 bridgehead atoms. The number of ether oxygens (including phenoxy) is 1. The van der Waals surface area contributed by atoms with Gasteiger partial charge < -0.3 is 10.1 Å². The van der Waals surface area contributed by atoms with E-state index in [1.165, 1.54) is 12.1 Å². The molecule has 1 saturated heterocycles. The van der Waals surface area contributed by atoms with Crippen LogP contribution in [0.15, 0.2) is 18.2 Å². The zero-order valence-electron chi connectivity index (χ0n) is 12.2. The van der Waals surface area contributed by atoms with Crippen molar-refractivity contribution in [3.05, 3.63) is 34.6 Å². The first kappa shape index (κ1) is 15.7. The molecule has 0 radical (unpaired) electrons. The SMILES string of the molecule is CCCNC(Cc1ccc(F)cc1Cl)C1(C)CCCO1. The van der Waals surface area contributed by atoms with Gasteiger partial charge in [-0.1, -0.05) is 24.6 Å². The molecule has 1 fully saturated rings. The van der Waals surface area contributed by atoms with E-state index in [1.54, 1.807) is 6.07 Å². The molecular formula is C16H23ClFNO. The van der Waals surface area contributed by atoms with E-state index in [-0.39, 0.29) is 17.5 Å². The molecule has 2 nitrogen and oxygen atoms in total. The molecule has 4 heteroatoms. The van der Waals surface area contributed by atoms with Crippen molar-refractivity contribution in [1.29, 1.82) is 0 Å². The van der Waals surface area contributed by atoms with Crippen molar-refractivity contribution in [3.8, 4) is 0 Å². The summed E-state index contributed by atoms with van der Waals surface area (Å²) in [5.41, 5.74) is 0.811. The Bertz CT molecular complexity index is 446. The Hall–Kier alpha value is -0.640. The highest BCUT2D eigenvalue weighted by molar-refractivity contribution is 6.31. The number of hydrogen-bond donors (Lipinski definition) is 1. The third-order valence-electron chi connectivity index (χ3n) is 4.07. The first-order chi connectivity index (χ1) is 9.55. The summed E-state index contributed by atoms with van der Waals surface area (Å²) in [6.45, 7) is 6.07. The van der Waals surface area contributed by atoms with E-state index < -0.39 is 0 Å². The maximum absolute atomic E-state index is 13.1. The lowest BCUT2D eigenvalue weighted by atomic mass is 9.88. The maximum atomic E-state index is 13.1. The molecule has 1 heterocycles. The Labute approximate surface area is 125 Å². The van der Waals surface area contributed by atoms with Crippen molar-refractivity contribution in [2.45, 2.75) is 51.2 Å². The van der Waals surface area contributed by atoms with E-state index in [4.69, 9.17) is 16.3 Å². The van der Waals surface area contributed by atoms with Gasteiger partial charge in [-0.15, -0.1) is 0 Å². The van der Waals surface area contributed by atoms with Crippen LogP contribution in [-0.2, 0) is 11.2 Å². The summed E-state index contributed by atoms with van der Waals surface area (Å²) in [7, 11) is 0. The van der Waals surface area contributed by atoms with Crippen LogP contribution in [0.3, 0.4) is 0 Å². The standard InChI is InChI=1S/C16H23ClFNO/c1-3-8-19-15(16(2)7-4-9-20-16)10-12-5-6-13(18)11-14(12)17/h5-6,11,15,19H,3-4,7-10H2,1-2H3. The van der Waals surface area contributed by atoms with Crippen molar-refractivity contribution < 1.29 is 9.13 Å². The van der Waals surface area contributed by atoms with Crippen LogP contribution in [0.5, 0.6) is 0 Å². The summed E-state index contributed by atoms with van der Waals surface area (Å²) in [5.74, 6) is -0.292. The molecule has 20 heavy (non-hydrogen) atoms. The van der Waals surface area contributed by atoms with E-state index in [1.807, 2.05) is 0 Å². The summed E-state index contributed by atoms with van der Waals surface area (Å²) in [5, 5.41) is 4.06. The molecule has 0 aromatic heterocycles. The zero-order valence-corrected chi connectivity index (χ0v) is 13.0. The number of benzene rings is 1. The Kier molecular flexibility index (Phi) is 5.42. The Morgan fingerprint density at radius 3 is 2.90 bits per heavy atom. The first-order valence-electron chi connectivity index (χ1n) is 7.36. The van der Waals surface area contributed by atoms with Crippen molar-refractivity contribution in [2.24, 2.45) is 0 Å². The smallest absolute Gasteiger partial charge is 0.124 e. The second-order valence-corrected chi connectivity index (χ2v) is 6.12. The van der Waals surface area contributed by atoms with Gasteiger partial charge in [0.25, 0.3) is 0 Å². The van der Waals surface area contributed by atoms with E-state index in [9.17, 15) is 4.39 Å². The van der Waals surface area contributed by atoms with Crippen LogP contribution in [0, 0.1) is 5.82 Å². The maximum Gasteiger partial charge on any atom is 0.124 e. The molecule has 1 N–H and O–H groups in total. The second kappa shape index (κ2) is 6.88. The van der Waals surface area contributed by atoms with Crippen LogP contribution in [0.4, 0.5) is 4.39 Å². The quantitative estimate of drug-likeness (QED) is 0.858. The number of halogens is 2. The Balaban J connectivity index is 2.14. The summed E-state index contributed by atoms with van der Waals surface area (Å²) < 4.78 is 19.1. The summed E-state index contributed by atoms with van der Waals surface area (Å²) >= 11 is 6.15. The minimum Gasteiger partial charge on any atom is -0.374 e. The molecule has 0 spiro atoms. The minimum atomic E-state index is -0.292. The molecule has 1 aliphatic rings. The fourth-order valence-electron chi connectivity index (χ4n) is 2.81. The molecule has 1 aromatic rings. The summed E-state index contributed by atoms with van der Waals surface area (Å²) in [6.07, 6.45) is 3.98. The average Bonchev–Trinajstić information content (AvgIpc) is 2.84. The lowest BCUT2D eigenvalue weighted by Gasteiger charge is -2.34. The van der Waals surface area contributed by atoms with E-state index >= 15 is 0 Å². The van der Waals surface area contributed by atoms with Crippen LogP contribution in [0.25, 0.3) is 0 Å². The van der Waals surface area contributed by atoms with Gasteiger partial charge in [-0.05, 0) is 56.8 Å². The van der Waals surface area contributed by atoms with Crippen LogP contribution < -0.4 is 5.32 Å². The normalized spacial score (nSPS) is 24.0. The fourth-order valence-corrected chi connectivity index (χ4v) is 3.05. The largest absolute Gasteiger partial charge is 0.374 e. The predicted octanol–water partition coefficient (Wildman–Crippen LogP) is 3.96. The zero-order chi connectivity index (χ0) is 14.6. The van der Waals surface area contributed by atoms with E-state index in [2.05, 4.69) is 19.2 Å². The Morgan fingerprint density at radius 2 is 2.30 bits per heavy atom. The van der Waals surface area contributed by atoms with Gasteiger partial charge in [-0.25, -0.2) is 4.39 Å². The molecule has 2 unspecified atom stereocenters. The Morgan fingerprint density at radius 1 is 1.50 bits per heavy atom. The molecule has 1 aromatic carbocycles. The topological polar surface area (TPSA) is 21.3 Å². The third-order valence-corrected chi connectivity index (χ3v) is 4.42. The van der Waals surface area contributed by atoms with Crippen molar-refractivity contribution in [1.82, 2.24) is 5.32 Å². The number of hydrogen-bond acceptors (Lipinski definition) is 2. The monoisotopic (exact) mass is 299 g/mol. The van der Waals surface area contributed by atoms with Gasteiger partial charge >= 0.3 is 0 Å². The van der Waals surface area contributed by atoms with Crippen LogP contribution in [0.2, 0.25) is 5.02 Å². The summed E-state index contributed by atoms with van der Waals surface area (Å²) in [4.78, 5) is 0. The van der Waals surface area contributed by atoms with E-state index in [0.717, 1.165) is 44.4 Å². The molecule has 0 saturated carbocycles. The lowest BCUT2D eigenvalue weighted by molar-refractivity contribution is -0.0114. The molecule has 1 aliphatic heterocycles. The van der Waals surface area contributed by atoms with Gasteiger partial charge in [0.15, 0.2) is 0 Å². The second-order valence-electron chi connectivity index (χ2n) is 5.71. The highest BCUT2D eigenvalue weighted by Crippen LogP contribution is 2.31.